The molecule has 2 N–H and O–H groups in total. The van der Waals surface area contributed by atoms with Crippen LogP contribution in [0.3, 0.4) is 0 Å². The van der Waals surface area contributed by atoms with Crippen LogP contribution in [0.25, 0.3) is 0 Å². The lowest BCUT2D eigenvalue weighted by molar-refractivity contribution is -0.122. The maximum atomic E-state index is 12.4. The van der Waals surface area contributed by atoms with Gasteiger partial charge in [-0.1, -0.05) is 35.9 Å². The lowest BCUT2D eigenvalue weighted by Crippen LogP contribution is -2.42. The highest BCUT2D eigenvalue weighted by Crippen LogP contribution is 2.37. The van der Waals surface area contributed by atoms with Crippen LogP contribution in [0.1, 0.15) is 30.1 Å². The smallest absolute Gasteiger partial charge is 0.225 e. The van der Waals surface area contributed by atoms with Gasteiger partial charge in [-0.05, 0) is 42.5 Å². The van der Waals surface area contributed by atoms with Crippen molar-refractivity contribution >= 4 is 17.5 Å². The average molecular weight is 331 g/mol. The summed E-state index contributed by atoms with van der Waals surface area (Å²) in [6.07, 6.45) is 3.06. The molecule has 1 atom stereocenters. The third-order valence-electron chi connectivity index (χ3n) is 4.25. The summed E-state index contributed by atoms with van der Waals surface area (Å²) in [5.41, 5.74) is 1.64. The van der Waals surface area contributed by atoms with Gasteiger partial charge in [-0.15, -0.1) is 0 Å². The zero-order chi connectivity index (χ0) is 16.2. The lowest BCUT2D eigenvalue weighted by Gasteiger charge is -2.37. The Morgan fingerprint density at radius 3 is 2.65 bits per heavy atom. The SMILES string of the molecule is O=C(Cc1ccccc1Cl)NC(c1ccccn1)C1CC(O)C1. The predicted octanol–water partition coefficient (Wildman–Crippen LogP) is 2.91. The number of halogens is 1. The molecule has 1 aromatic heterocycles. The Kier molecular flexibility index (Phi) is 4.94. The third-order valence-corrected chi connectivity index (χ3v) is 4.62. The summed E-state index contributed by atoms with van der Waals surface area (Å²) >= 11 is 6.12. The van der Waals surface area contributed by atoms with Crippen molar-refractivity contribution in [2.24, 2.45) is 5.92 Å². The summed E-state index contributed by atoms with van der Waals surface area (Å²) in [6.45, 7) is 0. The first-order valence-corrected chi connectivity index (χ1v) is 8.13. The first-order valence-electron chi connectivity index (χ1n) is 7.75. The Balaban J connectivity index is 1.71. The molecule has 2 aromatic rings. The number of carbonyl (C=O) groups is 1. The Morgan fingerprint density at radius 2 is 2.00 bits per heavy atom. The monoisotopic (exact) mass is 330 g/mol. The predicted molar refractivity (Wildman–Crippen MR) is 89.0 cm³/mol. The van der Waals surface area contributed by atoms with Crippen molar-refractivity contribution in [1.29, 1.82) is 0 Å². The molecule has 4 nitrogen and oxygen atoms in total. The standard InChI is InChI=1S/C18H19ClN2O2/c19-15-6-2-1-5-12(15)11-17(23)21-18(13-9-14(22)10-13)16-7-3-4-8-20-16/h1-8,13-14,18,22H,9-11H2,(H,21,23). The van der Waals surface area contributed by atoms with E-state index < -0.39 is 0 Å². The highest BCUT2D eigenvalue weighted by molar-refractivity contribution is 6.31. The van der Waals surface area contributed by atoms with Crippen molar-refractivity contribution < 1.29 is 9.90 Å². The number of hydrogen-bond donors (Lipinski definition) is 2. The second kappa shape index (κ2) is 7.11. The van der Waals surface area contributed by atoms with Gasteiger partial charge in [0.25, 0.3) is 0 Å². The second-order valence-electron chi connectivity index (χ2n) is 5.95. The first kappa shape index (κ1) is 16.0. The molecule has 23 heavy (non-hydrogen) atoms. The molecule has 0 aliphatic heterocycles. The van der Waals surface area contributed by atoms with Gasteiger partial charge in [0.1, 0.15) is 0 Å². The van der Waals surface area contributed by atoms with E-state index in [0.717, 1.165) is 11.3 Å². The van der Waals surface area contributed by atoms with E-state index in [9.17, 15) is 9.90 Å². The molecule has 1 heterocycles. The normalized spacial score (nSPS) is 21.3. The summed E-state index contributed by atoms with van der Waals surface area (Å²) in [6, 6.07) is 12.8. The summed E-state index contributed by atoms with van der Waals surface area (Å²) in [5.74, 6) is 0.130. The maximum absolute atomic E-state index is 12.4. The minimum absolute atomic E-state index is 0.0878. The van der Waals surface area contributed by atoms with Gasteiger partial charge in [0.05, 0.1) is 24.3 Å². The van der Waals surface area contributed by atoms with E-state index in [2.05, 4.69) is 10.3 Å². The van der Waals surface area contributed by atoms with Crippen molar-refractivity contribution in [1.82, 2.24) is 10.3 Å². The van der Waals surface area contributed by atoms with Crippen LogP contribution in [0.15, 0.2) is 48.7 Å². The molecule has 1 saturated carbocycles. The van der Waals surface area contributed by atoms with Crippen molar-refractivity contribution in [2.75, 3.05) is 0 Å². The molecule has 1 aliphatic rings. The third kappa shape index (κ3) is 3.89. The van der Waals surface area contributed by atoms with Gasteiger partial charge < -0.3 is 10.4 Å². The van der Waals surface area contributed by atoms with Gasteiger partial charge in [-0.3, -0.25) is 9.78 Å². The largest absolute Gasteiger partial charge is 0.393 e. The minimum Gasteiger partial charge on any atom is -0.393 e. The number of aliphatic hydroxyl groups excluding tert-OH is 1. The number of nitrogens with zero attached hydrogens (tertiary/aromatic N) is 1. The fourth-order valence-electron chi connectivity index (χ4n) is 2.93. The number of carbonyl (C=O) groups excluding carboxylic acids is 1. The number of amides is 1. The maximum Gasteiger partial charge on any atom is 0.225 e. The molecule has 0 radical (unpaired) electrons. The van der Waals surface area contributed by atoms with Crippen LogP contribution in [-0.4, -0.2) is 22.1 Å². The van der Waals surface area contributed by atoms with Crippen LogP contribution in [0.2, 0.25) is 5.02 Å². The van der Waals surface area contributed by atoms with Gasteiger partial charge in [0.15, 0.2) is 0 Å². The van der Waals surface area contributed by atoms with E-state index in [1.807, 2.05) is 36.4 Å². The lowest BCUT2D eigenvalue weighted by atomic mass is 9.76. The van der Waals surface area contributed by atoms with E-state index >= 15 is 0 Å². The highest BCUT2D eigenvalue weighted by atomic mass is 35.5. The highest BCUT2D eigenvalue weighted by Gasteiger charge is 2.36. The van der Waals surface area contributed by atoms with Crippen LogP contribution in [0, 0.1) is 5.92 Å². The number of hydrogen-bond acceptors (Lipinski definition) is 3. The van der Waals surface area contributed by atoms with Gasteiger partial charge >= 0.3 is 0 Å². The first-order chi connectivity index (χ1) is 11.1. The van der Waals surface area contributed by atoms with Crippen molar-refractivity contribution in [3.8, 4) is 0 Å². The van der Waals surface area contributed by atoms with Gasteiger partial charge in [-0.2, -0.15) is 0 Å². The number of rotatable bonds is 5. The van der Waals surface area contributed by atoms with E-state index in [-0.39, 0.29) is 30.4 Å². The van der Waals surface area contributed by atoms with Crippen LogP contribution in [-0.2, 0) is 11.2 Å². The van der Waals surface area contributed by atoms with Crippen molar-refractivity contribution in [3.05, 3.63) is 64.9 Å². The number of nitrogens with one attached hydrogen (secondary N) is 1. The Morgan fingerprint density at radius 1 is 1.26 bits per heavy atom. The Hall–Kier alpha value is -1.91. The molecule has 5 heteroatoms. The van der Waals surface area contributed by atoms with Crippen LogP contribution in [0.4, 0.5) is 0 Å². The van der Waals surface area contributed by atoms with Crippen LogP contribution in [0.5, 0.6) is 0 Å². The summed E-state index contributed by atoms with van der Waals surface area (Å²) < 4.78 is 0. The van der Waals surface area contributed by atoms with Crippen molar-refractivity contribution in [3.63, 3.8) is 0 Å². The molecule has 0 bridgehead atoms. The van der Waals surface area contributed by atoms with E-state index in [1.165, 1.54) is 0 Å². The molecule has 1 unspecified atom stereocenters. The topological polar surface area (TPSA) is 62.2 Å². The minimum atomic E-state index is -0.272. The summed E-state index contributed by atoms with van der Waals surface area (Å²) in [7, 11) is 0. The molecule has 120 valence electrons. The quantitative estimate of drug-likeness (QED) is 0.886. The summed E-state index contributed by atoms with van der Waals surface area (Å²) in [5, 5.41) is 13.2. The molecular weight excluding hydrogens is 312 g/mol. The van der Waals surface area contributed by atoms with Crippen molar-refractivity contribution in [2.45, 2.75) is 31.4 Å². The number of aliphatic hydroxyl groups is 1. The molecule has 1 fully saturated rings. The number of benzene rings is 1. The van der Waals surface area contributed by atoms with Gasteiger partial charge in [-0.25, -0.2) is 0 Å². The molecule has 0 saturated heterocycles. The molecule has 1 amide bonds. The second-order valence-corrected chi connectivity index (χ2v) is 6.36. The zero-order valence-electron chi connectivity index (χ0n) is 12.7. The Labute approximate surface area is 140 Å². The fourth-order valence-corrected chi connectivity index (χ4v) is 3.14. The number of aromatic nitrogens is 1. The van der Waals surface area contributed by atoms with Gasteiger partial charge in [0, 0.05) is 11.2 Å². The van der Waals surface area contributed by atoms with Crippen LogP contribution >= 0.6 is 11.6 Å². The zero-order valence-corrected chi connectivity index (χ0v) is 13.4. The molecule has 1 aromatic carbocycles. The summed E-state index contributed by atoms with van der Waals surface area (Å²) in [4.78, 5) is 16.8. The van der Waals surface area contributed by atoms with Crippen LogP contribution < -0.4 is 5.32 Å². The molecule has 0 spiro atoms. The molecule has 3 rings (SSSR count). The van der Waals surface area contributed by atoms with E-state index in [4.69, 9.17) is 11.6 Å². The average Bonchev–Trinajstić information content (AvgIpc) is 2.53. The fraction of sp³-hybridized carbons (Fsp3) is 0.333. The Bertz CT molecular complexity index is 672. The van der Waals surface area contributed by atoms with Gasteiger partial charge in [0.2, 0.25) is 5.91 Å². The molecular formula is C18H19ClN2O2. The molecule has 1 aliphatic carbocycles. The number of pyridine rings is 1. The van der Waals surface area contributed by atoms with E-state index in [0.29, 0.717) is 17.9 Å². The van der Waals surface area contributed by atoms with E-state index in [1.54, 1.807) is 12.3 Å².